The first-order valence-electron chi connectivity index (χ1n) is 6.64. The molecular weight excluding hydrogens is 228 g/mol. The molecule has 1 aromatic carbocycles. The largest absolute Gasteiger partial charge is 0.490 e. The number of carbonyl (C=O) groups is 1. The van der Waals surface area contributed by atoms with Gasteiger partial charge in [-0.05, 0) is 49.3 Å². The molecule has 0 radical (unpaired) electrons. The van der Waals surface area contributed by atoms with Crippen LogP contribution in [-0.4, -0.2) is 17.2 Å². The maximum Gasteiger partial charge on any atom is 0.303 e. The third kappa shape index (κ3) is 3.49. The van der Waals surface area contributed by atoms with Crippen LogP contribution in [-0.2, 0) is 11.2 Å². The van der Waals surface area contributed by atoms with Crippen LogP contribution in [0.1, 0.15) is 38.2 Å². The van der Waals surface area contributed by atoms with Crippen molar-refractivity contribution < 1.29 is 14.6 Å². The molecule has 3 nitrogen and oxygen atoms in total. The smallest absolute Gasteiger partial charge is 0.303 e. The molecule has 0 aliphatic heterocycles. The minimum absolute atomic E-state index is 0.182. The highest BCUT2D eigenvalue weighted by Crippen LogP contribution is 2.31. The van der Waals surface area contributed by atoms with Crippen molar-refractivity contribution in [3.63, 3.8) is 0 Å². The van der Waals surface area contributed by atoms with Crippen molar-refractivity contribution in [3.8, 4) is 5.75 Å². The second-order valence-corrected chi connectivity index (χ2v) is 5.01. The van der Waals surface area contributed by atoms with E-state index in [9.17, 15) is 4.79 Å². The topological polar surface area (TPSA) is 46.5 Å². The molecule has 18 heavy (non-hydrogen) atoms. The summed E-state index contributed by atoms with van der Waals surface area (Å²) in [7, 11) is 0. The molecule has 0 spiro atoms. The lowest BCUT2D eigenvalue weighted by atomic mass is 10.0. The molecule has 2 unspecified atom stereocenters. The van der Waals surface area contributed by atoms with E-state index in [0.717, 1.165) is 31.4 Å². The van der Waals surface area contributed by atoms with Crippen LogP contribution >= 0.6 is 0 Å². The minimum atomic E-state index is -0.701. The molecule has 0 aromatic heterocycles. The highest BCUT2D eigenvalue weighted by atomic mass is 16.5. The molecule has 1 aliphatic rings. The van der Waals surface area contributed by atoms with Crippen molar-refractivity contribution in [2.75, 3.05) is 0 Å². The van der Waals surface area contributed by atoms with Crippen LogP contribution in [0.15, 0.2) is 24.3 Å². The van der Waals surface area contributed by atoms with Crippen LogP contribution < -0.4 is 4.74 Å². The van der Waals surface area contributed by atoms with E-state index in [2.05, 4.69) is 19.1 Å². The van der Waals surface area contributed by atoms with Crippen LogP contribution in [0.2, 0.25) is 0 Å². The van der Waals surface area contributed by atoms with E-state index in [1.54, 1.807) is 0 Å². The average Bonchev–Trinajstić information content (AvgIpc) is 2.76. The monoisotopic (exact) mass is 248 g/mol. The number of carboxylic acids is 1. The standard InChI is InChI=1S/C15H20O3/c1-2-11-3-6-13(7-4-11)18-14-8-5-12(9-14)10-15(16)17/h3-4,6-7,12,14H,2,5,8-10H2,1H3,(H,16,17). The zero-order valence-corrected chi connectivity index (χ0v) is 10.8. The van der Waals surface area contributed by atoms with E-state index in [4.69, 9.17) is 9.84 Å². The van der Waals surface area contributed by atoms with Gasteiger partial charge in [0.2, 0.25) is 0 Å². The van der Waals surface area contributed by atoms with Crippen LogP contribution in [0.5, 0.6) is 5.75 Å². The van der Waals surface area contributed by atoms with Crippen LogP contribution in [0.4, 0.5) is 0 Å². The first-order chi connectivity index (χ1) is 8.67. The van der Waals surface area contributed by atoms with Gasteiger partial charge in [-0.25, -0.2) is 0 Å². The van der Waals surface area contributed by atoms with E-state index in [0.29, 0.717) is 0 Å². The zero-order chi connectivity index (χ0) is 13.0. The summed E-state index contributed by atoms with van der Waals surface area (Å²) < 4.78 is 5.89. The second-order valence-electron chi connectivity index (χ2n) is 5.01. The van der Waals surface area contributed by atoms with Crippen LogP contribution in [0.25, 0.3) is 0 Å². The number of hydrogen-bond acceptors (Lipinski definition) is 2. The van der Waals surface area contributed by atoms with Crippen molar-refractivity contribution in [1.29, 1.82) is 0 Å². The molecule has 2 atom stereocenters. The fourth-order valence-electron chi connectivity index (χ4n) is 2.56. The molecule has 0 saturated heterocycles. The third-order valence-corrected chi connectivity index (χ3v) is 3.59. The molecule has 0 amide bonds. The molecule has 0 bridgehead atoms. The van der Waals surface area contributed by atoms with Gasteiger partial charge in [0.15, 0.2) is 0 Å². The Morgan fingerprint density at radius 1 is 1.33 bits per heavy atom. The maximum absolute atomic E-state index is 10.6. The summed E-state index contributed by atoms with van der Waals surface area (Å²) in [6.07, 6.45) is 4.28. The molecule has 1 aromatic rings. The minimum Gasteiger partial charge on any atom is -0.490 e. The van der Waals surface area contributed by atoms with E-state index in [1.807, 2.05) is 12.1 Å². The maximum atomic E-state index is 10.6. The third-order valence-electron chi connectivity index (χ3n) is 3.59. The van der Waals surface area contributed by atoms with E-state index >= 15 is 0 Å². The molecule has 3 heteroatoms. The number of benzene rings is 1. The van der Waals surface area contributed by atoms with Crippen molar-refractivity contribution >= 4 is 5.97 Å². The van der Waals surface area contributed by atoms with Gasteiger partial charge >= 0.3 is 5.97 Å². The summed E-state index contributed by atoms with van der Waals surface area (Å²) in [6.45, 7) is 2.13. The normalized spacial score (nSPS) is 22.9. The number of carboxylic acid groups (broad SMARTS) is 1. The van der Waals surface area contributed by atoms with Crippen LogP contribution in [0, 0.1) is 5.92 Å². The zero-order valence-electron chi connectivity index (χ0n) is 10.8. The van der Waals surface area contributed by atoms with Crippen molar-refractivity contribution in [2.45, 2.75) is 45.1 Å². The Labute approximate surface area is 108 Å². The Bertz CT molecular complexity index is 397. The summed E-state index contributed by atoms with van der Waals surface area (Å²) in [5.74, 6) is 0.475. The fraction of sp³-hybridized carbons (Fsp3) is 0.533. The summed E-state index contributed by atoms with van der Waals surface area (Å²) >= 11 is 0. The summed E-state index contributed by atoms with van der Waals surface area (Å²) in [5.41, 5.74) is 1.30. The Kier molecular flexibility index (Phi) is 4.24. The van der Waals surface area contributed by atoms with E-state index in [1.165, 1.54) is 5.56 Å². The summed E-state index contributed by atoms with van der Waals surface area (Å²) in [5, 5.41) is 8.77. The fourth-order valence-corrected chi connectivity index (χ4v) is 2.56. The molecular formula is C15H20O3. The van der Waals surface area contributed by atoms with Gasteiger partial charge in [-0.15, -0.1) is 0 Å². The second kappa shape index (κ2) is 5.89. The summed E-state index contributed by atoms with van der Waals surface area (Å²) in [4.78, 5) is 10.6. The van der Waals surface area contributed by atoms with E-state index < -0.39 is 5.97 Å². The Balaban J connectivity index is 1.85. The summed E-state index contributed by atoms with van der Waals surface area (Å²) in [6, 6.07) is 8.17. The average molecular weight is 248 g/mol. The van der Waals surface area contributed by atoms with Gasteiger partial charge in [0.25, 0.3) is 0 Å². The lowest BCUT2D eigenvalue weighted by Gasteiger charge is -2.14. The van der Waals surface area contributed by atoms with Crippen molar-refractivity contribution in [3.05, 3.63) is 29.8 Å². The number of rotatable bonds is 5. The molecule has 1 saturated carbocycles. The highest BCUT2D eigenvalue weighted by molar-refractivity contribution is 5.67. The SMILES string of the molecule is CCc1ccc(OC2CCC(CC(=O)O)C2)cc1. The van der Waals surface area contributed by atoms with Gasteiger partial charge in [0.05, 0.1) is 6.10 Å². The van der Waals surface area contributed by atoms with Gasteiger partial charge in [-0.2, -0.15) is 0 Å². The van der Waals surface area contributed by atoms with Gasteiger partial charge in [0, 0.05) is 6.42 Å². The first kappa shape index (κ1) is 12.9. The first-order valence-corrected chi connectivity index (χ1v) is 6.64. The quantitative estimate of drug-likeness (QED) is 0.869. The Morgan fingerprint density at radius 3 is 2.67 bits per heavy atom. The number of ether oxygens (including phenoxy) is 1. The molecule has 1 N–H and O–H groups in total. The molecule has 1 fully saturated rings. The molecule has 1 aliphatic carbocycles. The Hall–Kier alpha value is -1.51. The lowest BCUT2D eigenvalue weighted by Crippen LogP contribution is -2.13. The number of aliphatic carboxylic acids is 1. The lowest BCUT2D eigenvalue weighted by molar-refractivity contribution is -0.138. The predicted octanol–water partition coefficient (Wildman–Crippen LogP) is 3.27. The van der Waals surface area contributed by atoms with Crippen LogP contribution in [0.3, 0.4) is 0 Å². The number of hydrogen-bond donors (Lipinski definition) is 1. The van der Waals surface area contributed by atoms with Crippen molar-refractivity contribution in [2.24, 2.45) is 5.92 Å². The number of aryl methyl sites for hydroxylation is 1. The predicted molar refractivity (Wildman–Crippen MR) is 69.8 cm³/mol. The van der Waals surface area contributed by atoms with E-state index in [-0.39, 0.29) is 18.4 Å². The molecule has 98 valence electrons. The van der Waals surface area contributed by atoms with Crippen molar-refractivity contribution in [1.82, 2.24) is 0 Å². The van der Waals surface area contributed by atoms with Gasteiger partial charge < -0.3 is 9.84 Å². The Morgan fingerprint density at radius 2 is 2.06 bits per heavy atom. The molecule has 2 rings (SSSR count). The van der Waals surface area contributed by atoms with Gasteiger partial charge in [0.1, 0.15) is 5.75 Å². The molecule has 0 heterocycles. The highest BCUT2D eigenvalue weighted by Gasteiger charge is 2.27. The van der Waals surface area contributed by atoms with Gasteiger partial charge in [-0.1, -0.05) is 19.1 Å². The van der Waals surface area contributed by atoms with Gasteiger partial charge in [-0.3, -0.25) is 4.79 Å².